The lowest BCUT2D eigenvalue weighted by Crippen LogP contribution is -2.17. The minimum atomic E-state index is -0.559. The first-order valence-corrected chi connectivity index (χ1v) is 5.91. The Hall–Kier alpha value is -2.31. The standard InChI is InChI=1S/C13H13N5O/c14-9(6-19)13-15-4-3-10(18-13)8-1-2-11-12(5-8)17-7-16-11/h1-5,7,9,19H,6,14H2,(H,16,17). The Labute approximate surface area is 109 Å². The highest BCUT2D eigenvalue weighted by Crippen LogP contribution is 2.21. The van der Waals surface area contributed by atoms with E-state index in [9.17, 15) is 0 Å². The first-order chi connectivity index (χ1) is 9.28. The van der Waals surface area contributed by atoms with Crippen LogP contribution in [0, 0.1) is 0 Å². The van der Waals surface area contributed by atoms with Gasteiger partial charge in [0, 0.05) is 11.8 Å². The highest BCUT2D eigenvalue weighted by molar-refractivity contribution is 5.80. The average Bonchev–Trinajstić information content (AvgIpc) is 2.94. The fraction of sp³-hybridized carbons (Fsp3) is 0.154. The zero-order valence-electron chi connectivity index (χ0n) is 10.1. The van der Waals surface area contributed by atoms with Crippen molar-refractivity contribution in [3.8, 4) is 11.3 Å². The molecule has 3 aromatic rings. The number of H-pyrrole nitrogens is 1. The van der Waals surface area contributed by atoms with E-state index in [4.69, 9.17) is 10.8 Å². The van der Waals surface area contributed by atoms with Gasteiger partial charge in [-0.05, 0) is 18.2 Å². The number of fused-ring (bicyclic) bond motifs is 1. The quantitative estimate of drug-likeness (QED) is 0.648. The van der Waals surface area contributed by atoms with Gasteiger partial charge < -0.3 is 15.8 Å². The van der Waals surface area contributed by atoms with Crippen molar-refractivity contribution in [3.63, 3.8) is 0 Å². The van der Waals surface area contributed by atoms with E-state index in [1.807, 2.05) is 24.3 Å². The summed E-state index contributed by atoms with van der Waals surface area (Å²) in [5.74, 6) is 0.435. The molecule has 0 saturated carbocycles. The third-order valence-corrected chi connectivity index (χ3v) is 2.92. The Balaban J connectivity index is 2.05. The van der Waals surface area contributed by atoms with E-state index in [0.29, 0.717) is 5.82 Å². The second kappa shape index (κ2) is 4.75. The van der Waals surface area contributed by atoms with Crippen molar-refractivity contribution in [2.75, 3.05) is 6.61 Å². The maximum absolute atomic E-state index is 9.04. The lowest BCUT2D eigenvalue weighted by atomic mass is 10.1. The number of nitrogens with two attached hydrogens (primary N) is 1. The van der Waals surface area contributed by atoms with Crippen molar-refractivity contribution in [1.29, 1.82) is 0 Å². The zero-order chi connectivity index (χ0) is 13.2. The third kappa shape index (κ3) is 2.18. The van der Waals surface area contributed by atoms with Crippen molar-refractivity contribution >= 4 is 11.0 Å². The van der Waals surface area contributed by atoms with Crippen LogP contribution in [-0.4, -0.2) is 31.6 Å². The summed E-state index contributed by atoms with van der Waals surface area (Å²) >= 11 is 0. The zero-order valence-corrected chi connectivity index (χ0v) is 10.1. The van der Waals surface area contributed by atoms with Gasteiger partial charge in [0.2, 0.25) is 0 Å². The fourth-order valence-electron chi connectivity index (χ4n) is 1.89. The Morgan fingerprint density at radius 3 is 3.00 bits per heavy atom. The molecule has 0 fully saturated rings. The molecule has 0 aliphatic heterocycles. The molecule has 0 radical (unpaired) electrons. The number of aliphatic hydroxyl groups is 1. The smallest absolute Gasteiger partial charge is 0.147 e. The van der Waals surface area contributed by atoms with Crippen LogP contribution in [0.15, 0.2) is 36.8 Å². The first kappa shape index (κ1) is 11.8. The molecule has 0 spiro atoms. The molecule has 0 bridgehead atoms. The number of rotatable bonds is 3. The fourth-order valence-corrected chi connectivity index (χ4v) is 1.89. The van der Waals surface area contributed by atoms with Crippen molar-refractivity contribution in [2.45, 2.75) is 6.04 Å². The summed E-state index contributed by atoms with van der Waals surface area (Å²) in [4.78, 5) is 15.7. The average molecular weight is 255 g/mol. The van der Waals surface area contributed by atoms with E-state index in [0.717, 1.165) is 22.3 Å². The van der Waals surface area contributed by atoms with E-state index >= 15 is 0 Å². The summed E-state index contributed by atoms with van der Waals surface area (Å²) in [5.41, 5.74) is 9.30. The topological polar surface area (TPSA) is 101 Å². The molecular weight excluding hydrogens is 242 g/mol. The maximum atomic E-state index is 9.04. The Morgan fingerprint density at radius 1 is 1.26 bits per heavy atom. The third-order valence-electron chi connectivity index (χ3n) is 2.92. The summed E-state index contributed by atoms with van der Waals surface area (Å²) in [5, 5.41) is 9.04. The molecule has 4 N–H and O–H groups in total. The monoisotopic (exact) mass is 255 g/mol. The number of aliphatic hydroxyl groups excluding tert-OH is 1. The van der Waals surface area contributed by atoms with Crippen molar-refractivity contribution in [3.05, 3.63) is 42.6 Å². The van der Waals surface area contributed by atoms with E-state index < -0.39 is 6.04 Å². The molecule has 6 heteroatoms. The highest BCUT2D eigenvalue weighted by atomic mass is 16.3. The molecule has 2 aromatic heterocycles. The normalized spacial score (nSPS) is 12.7. The number of aromatic amines is 1. The SMILES string of the molecule is NC(CO)c1nccc(-c2ccc3nc[nH]c3c2)n1. The summed E-state index contributed by atoms with van der Waals surface area (Å²) < 4.78 is 0. The molecule has 96 valence electrons. The molecular formula is C13H13N5O. The van der Waals surface area contributed by atoms with Gasteiger partial charge in [0.25, 0.3) is 0 Å². The number of imidazole rings is 1. The molecule has 0 aliphatic carbocycles. The molecule has 1 unspecified atom stereocenters. The number of aromatic nitrogens is 4. The first-order valence-electron chi connectivity index (χ1n) is 5.91. The predicted octanol–water partition coefficient (Wildman–Crippen LogP) is 1.01. The van der Waals surface area contributed by atoms with E-state index in [1.54, 1.807) is 12.5 Å². The van der Waals surface area contributed by atoms with Gasteiger partial charge in [0.1, 0.15) is 5.82 Å². The Bertz CT molecular complexity index is 709. The molecule has 0 aliphatic rings. The van der Waals surface area contributed by atoms with Gasteiger partial charge in [-0.2, -0.15) is 0 Å². The molecule has 3 rings (SSSR count). The minimum Gasteiger partial charge on any atom is -0.394 e. The summed E-state index contributed by atoms with van der Waals surface area (Å²) in [6, 6.07) is 7.09. The van der Waals surface area contributed by atoms with E-state index in [-0.39, 0.29) is 6.61 Å². The summed E-state index contributed by atoms with van der Waals surface area (Å²) in [7, 11) is 0. The van der Waals surface area contributed by atoms with Crippen LogP contribution in [0.5, 0.6) is 0 Å². The molecule has 1 aromatic carbocycles. The molecule has 19 heavy (non-hydrogen) atoms. The van der Waals surface area contributed by atoms with E-state index in [2.05, 4.69) is 19.9 Å². The number of nitrogens with one attached hydrogen (secondary N) is 1. The van der Waals surface area contributed by atoms with Crippen molar-refractivity contribution < 1.29 is 5.11 Å². The molecule has 0 saturated heterocycles. The van der Waals surface area contributed by atoms with Crippen LogP contribution in [0.3, 0.4) is 0 Å². The van der Waals surface area contributed by atoms with Gasteiger partial charge in [0.05, 0.1) is 35.7 Å². The lowest BCUT2D eigenvalue weighted by Gasteiger charge is -2.08. The van der Waals surface area contributed by atoms with Gasteiger partial charge in [-0.15, -0.1) is 0 Å². The van der Waals surface area contributed by atoms with Gasteiger partial charge in [-0.1, -0.05) is 6.07 Å². The summed E-state index contributed by atoms with van der Waals surface area (Å²) in [6.45, 7) is -0.178. The van der Waals surface area contributed by atoms with Gasteiger partial charge in [0.15, 0.2) is 0 Å². The number of benzene rings is 1. The second-order valence-corrected chi connectivity index (χ2v) is 4.22. The van der Waals surface area contributed by atoms with E-state index in [1.165, 1.54) is 0 Å². The molecule has 1 atom stereocenters. The Kier molecular flexibility index (Phi) is 2.94. The van der Waals surface area contributed by atoms with Crippen LogP contribution in [0.1, 0.15) is 11.9 Å². The Morgan fingerprint density at radius 2 is 2.16 bits per heavy atom. The number of hydrogen-bond donors (Lipinski definition) is 3. The van der Waals surface area contributed by atoms with Crippen molar-refractivity contribution in [1.82, 2.24) is 19.9 Å². The molecule has 2 heterocycles. The van der Waals surface area contributed by atoms with Gasteiger partial charge in [-0.3, -0.25) is 0 Å². The van der Waals surface area contributed by atoms with Gasteiger partial charge >= 0.3 is 0 Å². The van der Waals surface area contributed by atoms with Crippen LogP contribution in [0.2, 0.25) is 0 Å². The largest absolute Gasteiger partial charge is 0.394 e. The number of hydrogen-bond acceptors (Lipinski definition) is 5. The van der Waals surface area contributed by atoms with Crippen LogP contribution in [0.4, 0.5) is 0 Å². The highest BCUT2D eigenvalue weighted by Gasteiger charge is 2.09. The lowest BCUT2D eigenvalue weighted by molar-refractivity contribution is 0.263. The summed E-state index contributed by atoms with van der Waals surface area (Å²) in [6.07, 6.45) is 3.30. The molecule has 0 amide bonds. The van der Waals surface area contributed by atoms with Crippen molar-refractivity contribution in [2.24, 2.45) is 5.73 Å². The van der Waals surface area contributed by atoms with Crippen LogP contribution >= 0.6 is 0 Å². The minimum absolute atomic E-state index is 0.178. The van der Waals surface area contributed by atoms with Crippen LogP contribution < -0.4 is 5.73 Å². The molecule has 6 nitrogen and oxygen atoms in total. The predicted molar refractivity (Wildman–Crippen MR) is 71.1 cm³/mol. The second-order valence-electron chi connectivity index (χ2n) is 4.22. The maximum Gasteiger partial charge on any atom is 0.147 e. The van der Waals surface area contributed by atoms with Crippen LogP contribution in [-0.2, 0) is 0 Å². The van der Waals surface area contributed by atoms with Crippen LogP contribution in [0.25, 0.3) is 22.3 Å². The van der Waals surface area contributed by atoms with Gasteiger partial charge in [-0.25, -0.2) is 15.0 Å². The number of nitrogens with zero attached hydrogens (tertiary/aromatic N) is 3.